The van der Waals surface area contributed by atoms with Crippen LogP contribution in [0.4, 0.5) is 0 Å². The Bertz CT molecular complexity index is 1200. The number of amides is 1. The lowest BCUT2D eigenvalue weighted by molar-refractivity contribution is -0.118. The molecule has 30 heavy (non-hydrogen) atoms. The van der Waals surface area contributed by atoms with Gasteiger partial charge in [-0.1, -0.05) is 23.9 Å². The minimum absolute atomic E-state index is 0.217. The van der Waals surface area contributed by atoms with Gasteiger partial charge in [0.2, 0.25) is 0 Å². The van der Waals surface area contributed by atoms with Crippen molar-refractivity contribution in [3.63, 3.8) is 0 Å². The van der Waals surface area contributed by atoms with E-state index < -0.39 is 5.97 Å². The van der Waals surface area contributed by atoms with Crippen LogP contribution in [0, 0.1) is 0 Å². The van der Waals surface area contributed by atoms with E-state index in [2.05, 4.69) is 15.5 Å². The second-order valence-corrected chi connectivity index (χ2v) is 8.44. The number of fused-ring (bicyclic) bond motifs is 1. The summed E-state index contributed by atoms with van der Waals surface area (Å²) in [6.07, 6.45) is 3.38. The van der Waals surface area contributed by atoms with Crippen molar-refractivity contribution in [2.24, 2.45) is 5.10 Å². The predicted octanol–water partition coefficient (Wildman–Crippen LogP) is 4.03. The number of hydrogen-bond donors (Lipinski definition) is 2. The summed E-state index contributed by atoms with van der Waals surface area (Å²) in [6, 6.07) is 18.1. The number of hydrazone groups is 1. The molecule has 4 rings (SSSR count). The van der Waals surface area contributed by atoms with Gasteiger partial charge >= 0.3 is 5.97 Å². The fourth-order valence-corrected chi connectivity index (χ4v) is 4.60. The molecule has 0 aliphatic rings. The molecule has 2 aromatic carbocycles. The monoisotopic (exact) mass is 436 g/mol. The highest BCUT2D eigenvalue weighted by molar-refractivity contribution is 8.01. The van der Waals surface area contributed by atoms with Gasteiger partial charge < -0.3 is 9.67 Å². The zero-order chi connectivity index (χ0) is 20.9. The average Bonchev–Trinajstić information content (AvgIpc) is 3.39. The Morgan fingerprint density at radius 1 is 1.13 bits per heavy atom. The number of rotatable bonds is 7. The topological polar surface area (TPSA) is 96.6 Å². The van der Waals surface area contributed by atoms with Crippen molar-refractivity contribution in [2.45, 2.75) is 4.34 Å². The minimum atomic E-state index is -0.970. The first-order chi connectivity index (χ1) is 14.6. The summed E-state index contributed by atoms with van der Waals surface area (Å²) < 4.78 is 3.78. The number of nitrogens with one attached hydrogen (secondary N) is 1. The molecule has 9 heteroatoms. The highest BCUT2D eigenvalue weighted by Gasteiger charge is 2.08. The van der Waals surface area contributed by atoms with Crippen molar-refractivity contribution in [1.29, 1.82) is 0 Å². The van der Waals surface area contributed by atoms with E-state index >= 15 is 0 Å². The van der Waals surface area contributed by atoms with Crippen molar-refractivity contribution in [2.75, 3.05) is 5.75 Å². The summed E-state index contributed by atoms with van der Waals surface area (Å²) in [6.45, 7) is 0. The average molecular weight is 437 g/mol. The van der Waals surface area contributed by atoms with Crippen LogP contribution in [0.3, 0.4) is 0 Å². The summed E-state index contributed by atoms with van der Waals surface area (Å²) in [5.41, 5.74) is 5.22. The lowest BCUT2D eigenvalue weighted by Gasteiger charge is -2.06. The number of carboxylic acids is 1. The number of carbonyl (C=O) groups is 2. The number of thioether (sulfide) groups is 1. The largest absolute Gasteiger partial charge is 0.478 e. The normalized spacial score (nSPS) is 11.2. The molecule has 0 saturated carbocycles. The van der Waals surface area contributed by atoms with Gasteiger partial charge in [0.1, 0.15) is 0 Å². The van der Waals surface area contributed by atoms with Gasteiger partial charge in [-0.05, 0) is 48.5 Å². The highest BCUT2D eigenvalue weighted by Crippen LogP contribution is 2.29. The smallest absolute Gasteiger partial charge is 0.335 e. The van der Waals surface area contributed by atoms with Gasteiger partial charge in [0.25, 0.3) is 5.91 Å². The molecule has 2 heterocycles. The second-order valence-electron chi connectivity index (χ2n) is 6.18. The molecule has 0 saturated heterocycles. The molecule has 0 atom stereocenters. The zero-order valence-corrected chi connectivity index (χ0v) is 17.2. The van der Waals surface area contributed by atoms with Crippen molar-refractivity contribution >= 4 is 51.4 Å². The molecule has 0 radical (unpaired) electrons. The van der Waals surface area contributed by atoms with E-state index in [1.807, 2.05) is 47.2 Å². The van der Waals surface area contributed by atoms with E-state index in [0.717, 1.165) is 25.9 Å². The molecule has 0 aliphatic heterocycles. The Balaban J connectivity index is 1.34. The molecule has 0 bridgehead atoms. The van der Waals surface area contributed by atoms with E-state index in [4.69, 9.17) is 5.11 Å². The molecule has 2 N–H and O–H groups in total. The molecule has 7 nitrogen and oxygen atoms in total. The Labute approximate surface area is 180 Å². The Morgan fingerprint density at radius 3 is 2.70 bits per heavy atom. The van der Waals surface area contributed by atoms with Gasteiger partial charge in [-0.2, -0.15) is 5.10 Å². The summed E-state index contributed by atoms with van der Waals surface area (Å²) >= 11 is 2.93. The molecule has 4 aromatic rings. The standard InChI is InChI=1S/C21H16N4O3S2/c26-19(13-29-21-23-17-5-1-2-6-18(17)30-21)24-22-12-16-4-3-11-25(16)15-9-7-14(8-10-15)20(27)28/h1-12H,13H2,(H,24,26)(H,27,28)/b22-12+. The predicted molar refractivity (Wildman–Crippen MR) is 119 cm³/mol. The van der Waals surface area contributed by atoms with Crippen LogP contribution >= 0.6 is 23.1 Å². The van der Waals surface area contributed by atoms with Crippen LogP contribution in [-0.4, -0.2) is 38.5 Å². The third kappa shape index (κ3) is 4.58. The fraction of sp³-hybridized carbons (Fsp3) is 0.0476. The van der Waals surface area contributed by atoms with Crippen LogP contribution in [0.2, 0.25) is 0 Å². The molecule has 150 valence electrons. The van der Waals surface area contributed by atoms with Crippen molar-refractivity contribution in [3.8, 4) is 5.69 Å². The number of hydrogen-bond acceptors (Lipinski definition) is 6. The second kappa shape index (κ2) is 8.93. The number of aromatic nitrogens is 2. The molecular weight excluding hydrogens is 420 g/mol. The summed E-state index contributed by atoms with van der Waals surface area (Å²) in [4.78, 5) is 27.6. The molecule has 0 aliphatic carbocycles. The van der Waals surface area contributed by atoms with E-state index in [9.17, 15) is 9.59 Å². The van der Waals surface area contributed by atoms with Crippen LogP contribution in [-0.2, 0) is 4.79 Å². The number of thiazole rings is 1. The number of para-hydroxylation sites is 1. The number of nitrogens with zero attached hydrogens (tertiary/aromatic N) is 3. The van der Waals surface area contributed by atoms with Crippen LogP contribution in [0.5, 0.6) is 0 Å². The zero-order valence-electron chi connectivity index (χ0n) is 15.6. The van der Waals surface area contributed by atoms with Crippen LogP contribution in [0.25, 0.3) is 15.9 Å². The summed E-state index contributed by atoms with van der Waals surface area (Å²) in [7, 11) is 0. The molecular formula is C21H16N4O3S2. The van der Waals surface area contributed by atoms with Crippen LogP contribution in [0.15, 0.2) is 76.3 Å². The van der Waals surface area contributed by atoms with Gasteiger partial charge in [-0.25, -0.2) is 15.2 Å². The van der Waals surface area contributed by atoms with Crippen LogP contribution in [0.1, 0.15) is 16.1 Å². The Hall–Kier alpha value is -3.43. The highest BCUT2D eigenvalue weighted by atomic mass is 32.2. The van der Waals surface area contributed by atoms with E-state index in [1.165, 1.54) is 11.8 Å². The first kappa shape index (κ1) is 19.9. The number of aromatic carboxylic acids is 1. The molecule has 0 unspecified atom stereocenters. The molecule has 0 spiro atoms. The quantitative estimate of drug-likeness (QED) is 0.259. The van der Waals surface area contributed by atoms with Gasteiger partial charge in [0, 0.05) is 11.9 Å². The lowest BCUT2D eigenvalue weighted by Crippen LogP contribution is -2.19. The maximum absolute atomic E-state index is 12.1. The minimum Gasteiger partial charge on any atom is -0.478 e. The fourth-order valence-electron chi connectivity index (χ4n) is 2.74. The first-order valence-corrected chi connectivity index (χ1v) is 10.7. The molecule has 1 amide bonds. The summed E-state index contributed by atoms with van der Waals surface area (Å²) in [5, 5.41) is 13.0. The third-order valence-corrected chi connectivity index (χ3v) is 6.34. The number of carbonyl (C=O) groups excluding carboxylic acids is 1. The van der Waals surface area contributed by atoms with Crippen LogP contribution < -0.4 is 5.43 Å². The molecule has 0 fully saturated rings. The van der Waals surface area contributed by atoms with E-state index in [1.54, 1.807) is 41.8 Å². The number of benzene rings is 2. The van der Waals surface area contributed by atoms with Gasteiger partial charge in [0.05, 0.1) is 33.4 Å². The van der Waals surface area contributed by atoms with Crippen molar-refractivity contribution < 1.29 is 14.7 Å². The third-order valence-electron chi connectivity index (χ3n) is 4.16. The van der Waals surface area contributed by atoms with E-state index in [0.29, 0.717) is 0 Å². The van der Waals surface area contributed by atoms with Gasteiger partial charge in [-0.15, -0.1) is 11.3 Å². The summed E-state index contributed by atoms with van der Waals surface area (Å²) in [5.74, 6) is -0.976. The van der Waals surface area contributed by atoms with Crippen molar-refractivity contribution in [3.05, 3.63) is 78.1 Å². The Kier molecular flexibility index (Phi) is 5.92. The maximum atomic E-state index is 12.1. The van der Waals surface area contributed by atoms with Crippen molar-refractivity contribution in [1.82, 2.24) is 15.0 Å². The van der Waals surface area contributed by atoms with Gasteiger partial charge in [-0.3, -0.25) is 4.79 Å². The SMILES string of the molecule is O=C(CSc1nc2ccccc2s1)N/N=C/c1cccn1-c1ccc(C(=O)O)cc1. The lowest BCUT2D eigenvalue weighted by atomic mass is 10.2. The maximum Gasteiger partial charge on any atom is 0.335 e. The van der Waals surface area contributed by atoms with Gasteiger partial charge in [0.15, 0.2) is 4.34 Å². The number of carboxylic acid groups (broad SMARTS) is 1. The molecule has 2 aromatic heterocycles. The van der Waals surface area contributed by atoms with E-state index in [-0.39, 0.29) is 17.2 Å². The first-order valence-electron chi connectivity index (χ1n) is 8.91. The Morgan fingerprint density at radius 2 is 1.93 bits per heavy atom.